The first-order valence-electron chi connectivity index (χ1n) is 9.04. The van der Waals surface area contributed by atoms with E-state index in [1.807, 2.05) is 12.1 Å². The number of rotatable bonds is 7. The minimum absolute atomic E-state index is 0.0345. The number of fused-ring (bicyclic) bond motifs is 2. The first-order chi connectivity index (χ1) is 12.7. The van der Waals surface area contributed by atoms with Gasteiger partial charge in [0.1, 0.15) is 18.9 Å². The number of methoxy groups -OCH3 is 1. The van der Waals surface area contributed by atoms with E-state index in [0.717, 1.165) is 43.8 Å². The van der Waals surface area contributed by atoms with Crippen LogP contribution in [0.3, 0.4) is 0 Å². The summed E-state index contributed by atoms with van der Waals surface area (Å²) in [6.07, 6.45) is 5.89. The molecule has 2 aliphatic rings. The number of carbonyl (C=O) groups excluding carboxylic acids is 1. The number of hydrogen-bond donors (Lipinski definition) is 1. The first-order valence-corrected chi connectivity index (χ1v) is 9.04. The van der Waals surface area contributed by atoms with Gasteiger partial charge in [-0.05, 0) is 48.2 Å². The zero-order valence-corrected chi connectivity index (χ0v) is 14.9. The van der Waals surface area contributed by atoms with Crippen molar-refractivity contribution in [2.24, 2.45) is 0 Å². The van der Waals surface area contributed by atoms with Crippen molar-refractivity contribution in [2.45, 2.75) is 56.9 Å². The molecule has 0 aromatic carbocycles. The molecule has 2 saturated heterocycles. The third-order valence-corrected chi connectivity index (χ3v) is 5.34. The van der Waals surface area contributed by atoms with Gasteiger partial charge in [-0.25, -0.2) is 4.68 Å². The Morgan fingerprint density at radius 1 is 1.35 bits per heavy atom. The Labute approximate surface area is 151 Å². The van der Waals surface area contributed by atoms with E-state index < -0.39 is 0 Å². The van der Waals surface area contributed by atoms with Crippen molar-refractivity contribution < 1.29 is 13.9 Å². The summed E-state index contributed by atoms with van der Waals surface area (Å²) in [4.78, 5) is 14.3. The van der Waals surface area contributed by atoms with Gasteiger partial charge in [-0.1, -0.05) is 0 Å². The standard InChI is InChI=1S/C17H24N6O3/c1-25-11-17(24)18-12-7-13-4-5-14(8-12)22(13)10-16-19-20-21-23(16)9-15-3-2-6-26-15/h2-3,6,12-14H,4-5,7-11H2,1H3,(H,18,24). The molecule has 26 heavy (non-hydrogen) atoms. The van der Waals surface area contributed by atoms with Crippen LogP contribution in [0.4, 0.5) is 0 Å². The summed E-state index contributed by atoms with van der Waals surface area (Å²) in [6.45, 7) is 1.38. The number of nitrogens with one attached hydrogen (secondary N) is 1. The predicted molar refractivity (Wildman–Crippen MR) is 91.0 cm³/mol. The van der Waals surface area contributed by atoms with Crippen molar-refractivity contribution in [2.75, 3.05) is 13.7 Å². The molecule has 2 bridgehead atoms. The van der Waals surface area contributed by atoms with E-state index in [0.29, 0.717) is 18.6 Å². The number of furan rings is 1. The average molecular weight is 360 g/mol. The molecular formula is C17H24N6O3. The van der Waals surface area contributed by atoms with Crippen LogP contribution in [0, 0.1) is 0 Å². The predicted octanol–water partition coefficient (Wildman–Crippen LogP) is 0.572. The molecular weight excluding hydrogens is 336 g/mol. The van der Waals surface area contributed by atoms with Gasteiger partial charge >= 0.3 is 0 Å². The van der Waals surface area contributed by atoms with E-state index >= 15 is 0 Å². The second-order valence-electron chi connectivity index (χ2n) is 7.06. The van der Waals surface area contributed by atoms with E-state index in [2.05, 4.69) is 25.7 Å². The summed E-state index contributed by atoms with van der Waals surface area (Å²) in [7, 11) is 1.54. The number of aromatic nitrogens is 4. The molecule has 9 nitrogen and oxygen atoms in total. The van der Waals surface area contributed by atoms with Crippen LogP contribution < -0.4 is 5.32 Å². The highest BCUT2D eigenvalue weighted by Crippen LogP contribution is 2.36. The number of tetrazole rings is 1. The van der Waals surface area contributed by atoms with Crippen molar-refractivity contribution in [1.29, 1.82) is 0 Å². The maximum atomic E-state index is 11.8. The van der Waals surface area contributed by atoms with Gasteiger partial charge in [-0.2, -0.15) is 0 Å². The Kier molecular flexibility index (Phi) is 4.98. The van der Waals surface area contributed by atoms with Crippen molar-refractivity contribution in [1.82, 2.24) is 30.4 Å². The molecule has 2 fully saturated rings. The molecule has 2 aromatic heterocycles. The van der Waals surface area contributed by atoms with Crippen LogP contribution >= 0.6 is 0 Å². The highest BCUT2D eigenvalue weighted by molar-refractivity contribution is 5.77. The minimum Gasteiger partial charge on any atom is -0.467 e. The van der Waals surface area contributed by atoms with Crippen LogP contribution in [0.2, 0.25) is 0 Å². The first kappa shape index (κ1) is 17.2. The molecule has 2 unspecified atom stereocenters. The zero-order chi connectivity index (χ0) is 17.9. The lowest BCUT2D eigenvalue weighted by Gasteiger charge is -2.38. The zero-order valence-electron chi connectivity index (χ0n) is 14.9. The second kappa shape index (κ2) is 7.55. The van der Waals surface area contributed by atoms with Crippen molar-refractivity contribution in [3.63, 3.8) is 0 Å². The van der Waals surface area contributed by atoms with Crippen LogP contribution in [0.25, 0.3) is 0 Å². The summed E-state index contributed by atoms with van der Waals surface area (Å²) in [5.74, 6) is 1.65. The number of amides is 1. The van der Waals surface area contributed by atoms with Gasteiger partial charge in [0.05, 0.1) is 12.8 Å². The average Bonchev–Trinajstić information content (AvgIpc) is 3.32. The van der Waals surface area contributed by atoms with E-state index in [4.69, 9.17) is 9.15 Å². The normalized spacial score (nSPS) is 25.5. The van der Waals surface area contributed by atoms with Crippen LogP contribution in [-0.4, -0.2) is 62.9 Å². The molecule has 140 valence electrons. The summed E-state index contributed by atoms with van der Waals surface area (Å²) >= 11 is 0. The SMILES string of the molecule is COCC(=O)NC1CC2CCC(C1)N2Cc1nnnn1Cc1ccco1. The lowest BCUT2D eigenvalue weighted by molar-refractivity contribution is -0.126. The van der Waals surface area contributed by atoms with Crippen molar-refractivity contribution >= 4 is 5.91 Å². The van der Waals surface area contributed by atoms with Gasteiger partial charge in [0.2, 0.25) is 5.91 Å². The molecule has 1 N–H and O–H groups in total. The highest BCUT2D eigenvalue weighted by Gasteiger charge is 2.41. The molecule has 4 rings (SSSR count). The summed E-state index contributed by atoms with van der Waals surface area (Å²) < 4.78 is 12.1. The molecule has 0 radical (unpaired) electrons. The minimum atomic E-state index is -0.0345. The van der Waals surface area contributed by atoms with Gasteiger partial charge in [-0.3, -0.25) is 9.69 Å². The van der Waals surface area contributed by atoms with Gasteiger partial charge in [0, 0.05) is 25.2 Å². The topological polar surface area (TPSA) is 98.3 Å². The van der Waals surface area contributed by atoms with Crippen molar-refractivity contribution in [3.8, 4) is 0 Å². The summed E-state index contributed by atoms with van der Waals surface area (Å²) in [5, 5.41) is 15.2. The molecule has 1 amide bonds. The van der Waals surface area contributed by atoms with Gasteiger partial charge < -0.3 is 14.5 Å². The summed E-state index contributed by atoms with van der Waals surface area (Å²) in [6, 6.07) is 4.92. The number of nitrogens with zero attached hydrogens (tertiary/aromatic N) is 5. The number of hydrogen-bond acceptors (Lipinski definition) is 7. The Morgan fingerprint density at radius 2 is 2.15 bits per heavy atom. The largest absolute Gasteiger partial charge is 0.467 e. The van der Waals surface area contributed by atoms with E-state index in [9.17, 15) is 4.79 Å². The molecule has 2 aromatic rings. The quantitative estimate of drug-likeness (QED) is 0.771. The van der Waals surface area contributed by atoms with Crippen LogP contribution in [0.15, 0.2) is 22.8 Å². The third kappa shape index (κ3) is 3.63. The van der Waals surface area contributed by atoms with Crippen molar-refractivity contribution in [3.05, 3.63) is 30.0 Å². The van der Waals surface area contributed by atoms with E-state index in [-0.39, 0.29) is 18.6 Å². The molecule has 0 aliphatic carbocycles. The fourth-order valence-electron chi connectivity index (χ4n) is 4.22. The van der Waals surface area contributed by atoms with Gasteiger partial charge in [0.15, 0.2) is 5.82 Å². The van der Waals surface area contributed by atoms with Crippen LogP contribution in [-0.2, 0) is 22.6 Å². The Hall–Kier alpha value is -2.26. The number of piperidine rings is 1. The third-order valence-electron chi connectivity index (χ3n) is 5.34. The Balaban J connectivity index is 1.38. The Morgan fingerprint density at radius 3 is 2.85 bits per heavy atom. The smallest absolute Gasteiger partial charge is 0.246 e. The van der Waals surface area contributed by atoms with Crippen LogP contribution in [0.1, 0.15) is 37.3 Å². The molecule has 0 spiro atoms. The van der Waals surface area contributed by atoms with E-state index in [1.54, 1.807) is 18.1 Å². The fourth-order valence-corrected chi connectivity index (χ4v) is 4.22. The monoisotopic (exact) mass is 360 g/mol. The van der Waals surface area contributed by atoms with E-state index in [1.165, 1.54) is 0 Å². The van der Waals surface area contributed by atoms with Gasteiger partial charge in [0.25, 0.3) is 0 Å². The highest BCUT2D eigenvalue weighted by atomic mass is 16.5. The molecule has 0 saturated carbocycles. The maximum Gasteiger partial charge on any atom is 0.246 e. The van der Waals surface area contributed by atoms with Gasteiger partial charge in [-0.15, -0.1) is 5.10 Å². The lowest BCUT2D eigenvalue weighted by atomic mass is 9.97. The Bertz CT molecular complexity index is 717. The fraction of sp³-hybridized carbons (Fsp3) is 0.647. The molecule has 2 aliphatic heterocycles. The lowest BCUT2D eigenvalue weighted by Crippen LogP contribution is -2.50. The molecule has 2 atom stereocenters. The molecule has 4 heterocycles. The second-order valence-corrected chi connectivity index (χ2v) is 7.06. The molecule has 9 heteroatoms. The van der Waals surface area contributed by atoms with Crippen LogP contribution in [0.5, 0.6) is 0 Å². The number of carbonyl (C=O) groups is 1. The maximum absolute atomic E-state index is 11.8. The number of ether oxygens (including phenoxy) is 1. The summed E-state index contributed by atoms with van der Waals surface area (Å²) in [5.41, 5.74) is 0.